The van der Waals surface area contributed by atoms with Gasteiger partial charge in [-0.3, -0.25) is 0 Å². The fraction of sp³-hybridized carbons (Fsp3) is 0.400. The molecule has 0 atom stereocenters. The van der Waals surface area contributed by atoms with Crippen molar-refractivity contribution in [2.24, 2.45) is 5.73 Å². The fourth-order valence-electron chi connectivity index (χ4n) is 1.39. The van der Waals surface area contributed by atoms with Crippen molar-refractivity contribution in [1.29, 1.82) is 0 Å². The standard InChI is InChI=1S/C10H13NO2S/c1-12-8-5-10-9(13-6-14-10)4-7(8)2-3-11/h4-5H,2-3,6,11H2,1H3/i6D2. The quantitative estimate of drug-likeness (QED) is 0.829. The molecule has 0 radical (unpaired) electrons. The van der Waals surface area contributed by atoms with Gasteiger partial charge < -0.3 is 15.2 Å². The number of rotatable bonds is 3. The van der Waals surface area contributed by atoms with Crippen molar-refractivity contribution in [1.82, 2.24) is 0 Å². The van der Waals surface area contributed by atoms with Crippen LogP contribution >= 0.6 is 11.8 Å². The lowest BCUT2D eigenvalue weighted by Crippen LogP contribution is -2.04. The molecule has 0 saturated heterocycles. The minimum atomic E-state index is -1.69. The highest BCUT2D eigenvalue weighted by atomic mass is 32.2. The molecule has 0 aromatic heterocycles. The molecule has 0 unspecified atom stereocenters. The minimum absolute atomic E-state index is 0.523. The zero-order valence-corrected chi connectivity index (χ0v) is 8.69. The molecule has 1 aliphatic heterocycles. The van der Waals surface area contributed by atoms with Crippen LogP contribution in [0, 0.1) is 0 Å². The fourth-order valence-corrected chi connectivity index (χ4v) is 1.98. The number of thioether (sulfide) groups is 1. The summed E-state index contributed by atoms with van der Waals surface area (Å²) < 4.78 is 25.5. The van der Waals surface area contributed by atoms with Crippen molar-refractivity contribution in [2.75, 3.05) is 19.5 Å². The molecule has 0 fully saturated rings. The molecule has 1 aromatic carbocycles. The third kappa shape index (κ3) is 1.67. The number of benzene rings is 1. The highest BCUT2D eigenvalue weighted by Crippen LogP contribution is 2.40. The molecule has 2 rings (SSSR count). The predicted octanol–water partition coefficient (Wildman–Crippen LogP) is 1.64. The van der Waals surface area contributed by atoms with Gasteiger partial charge >= 0.3 is 0 Å². The zero-order valence-electron chi connectivity index (χ0n) is 9.87. The second kappa shape index (κ2) is 4.11. The summed E-state index contributed by atoms with van der Waals surface area (Å²) in [5.74, 6) is -0.383. The normalized spacial score (nSPS) is 19.3. The first-order chi connectivity index (χ1) is 7.55. The van der Waals surface area contributed by atoms with Crippen LogP contribution < -0.4 is 15.2 Å². The zero-order chi connectivity index (χ0) is 11.8. The Kier molecular flexibility index (Phi) is 2.18. The molecule has 0 aliphatic carbocycles. The maximum Gasteiger partial charge on any atom is 0.138 e. The monoisotopic (exact) mass is 213 g/mol. The molecule has 0 amide bonds. The lowest BCUT2D eigenvalue weighted by Gasteiger charge is -2.09. The molecule has 4 heteroatoms. The Morgan fingerprint density at radius 1 is 1.71 bits per heavy atom. The van der Waals surface area contributed by atoms with E-state index >= 15 is 0 Å². The summed E-state index contributed by atoms with van der Waals surface area (Å²) in [6, 6.07) is 3.61. The number of fused-ring (bicyclic) bond motifs is 1. The Morgan fingerprint density at radius 3 is 3.29 bits per heavy atom. The van der Waals surface area contributed by atoms with Gasteiger partial charge in [-0.1, -0.05) is 11.8 Å². The number of ether oxygens (including phenoxy) is 2. The van der Waals surface area contributed by atoms with Gasteiger partial charge in [0.05, 0.1) is 14.7 Å². The lowest BCUT2D eigenvalue weighted by atomic mass is 10.1. The molecule has 0 saturated carbocycles. The van der Waals surface area contributed by atoms with Crippen molar-refractivity contribution in [3.05, 3.63) is 17.7 Å². The first-order valence-corrected chi connectivity index (χ1v) is 5.16. The van der Waals surface area contributed by atoms with Crippen LogP contribution in [0.25, 0.3) is 0 Å². The largest absolute Gasteiger partial charge is 0.496 e. The average molecular weight is 213 g/mol. The number of methoxy groups -OCH3 is 1. The van der Waals surface area contributed by atoms with Crippen molar-refractivity contribution in [3.8, 4) is 11.5 Å². The summed E-state index contributed by atoms with van der Waals surface area (Å²) >= 11 is 1.05. The van der Waals surface area contributed by atoms with Gasteiger partial charge in [-0.2, -0.15) is 0 Å². The van der Waals surface area contributed by atoms with Gasteiger partial charge in [-0.05, 0) is 30.7 Å². The van der Waals surface area contributed by atoms with Crippen LogP contribution in [0.3, 0.4) is 0 Å². The number of hydrogen-bond acceptors (Lipinski definition) is 4. The molecular formula is C10H13NO2S. The van der Waals surface area contributed by atoms with E-state index in [0.717, 1.165) is 28.0 Å². The summed E-state index contributed by atoms with van der Waals surface area (Å²) in [5.41, 5.74) is 6.45. The van der Waals surface area contributed by atoms with E-state index in [0.29, 0.717) is 18.7 Å². The van der Waals surface area contributed by atoms with Crippen molar-refractivity contribution < 1.29 is 12.2 Å². The topological polar surface area (TPSA) is 44.5 Å². The smallest absolute Gasteiger partial charge is 0.138 e. The molecule has 0 spiro atoms. The number of nitrogens with two attached hydrogens (primary N) is 1. The molecule has 2 N–H and O–H groups in total. The summed E-state index contributed by atoms with van der Waals surface area (Å²) in [4.78, 5) is 0.766. The van der Waals surface area contributed by atoms with Gasteiger partial charge in [0.15, 0.2) is 0 Å². The Hall–Kier alpha value is -0.870. The molecule has 1 aromatic rings. The van der Waals surface area contributed by atoms with E-state index in [1.54, 1.807) is 19.2 Å². The van der Waals surface area contributed by atoms with Gasteiger partial charge in [0, 0.05) is 0 Å². The summed E-state index contributed by atoms with van der Waals surface area (Å²) in [6.45, 7) is 0.523. The Bertz CT molecular complexity index is 412. The maximum absolute atomic E-state index is 7.51. The highest BCUT2D eigenvalue weighted by molar-refractivity contribution is 7.99. The van der Waals surface area contributed by atoms with Crippen LogP contribution in [0.1, 0.15) is 8.30 Å². The Balaban J connectivity index is 2.38. The van der Waals surface area contributed by atoms with E-state index in [4.69, 9.17) is 17.9 Å². The third-order valence-corrected chi connectivity index (χ3v) is 2.77. The van der Waals surface area contributed by atoms with E-state index in [9.17, 15) is 0 Å². The maximum atomic E-state index is 7.51. The van der Waals surface area contributed by atoms with E-state index in [1.807, 2.05) is 0 Å². The second-order valence-electron chi connectivity index (χ2n) is 2.94. The first-order valence-electron chi connectivity index (χ1n) is 5.35. The third-order valence-electron chi connectivity index (χ3n) is 2.06. The summed E-state index contributed by atoms with van der Waals surface area (Å²) in [5, 5.41) is 0. The highest BCUT2D eigenvalue weighted by Gasteiger charge is 2.16. The lowest BCUT2D eigenvalue weighted by molar-refractivity contribution is 0.388. The SMILES string of the molecule is [2H]C1([2H])Oc2cc(CCN)c(OC)cc2S1. The molecule has 14 heavy (non-hydrogen) atoms. The minimum Gasteiger partial charge on any atom is -0.496 e. The van der Waals surface area contributed by atoms with E-state index < -0.39 is 5.89 Å². The second-order valence-corrected chi connectivity index (χ2v) is 3.75. The van der Waals surface area contributed by atoms with Crippen LogP contribution in [0.5, 0.6) is 11.5 Å². The van der Waals surface area contributed by atoms with Gasteiger partial charge in [0.25, 0.3) is 0 Å². The molecule has 3 nitrogen and oxygen atoms in total. The van der Waals surface area contributed by atoms with Gasteiger partial charge in [-0.25, -0.2) is 0 Å². The summed E-state index contributed by atoms with van der Waals surface area (Å²) in [7, 11) is 1.59. The van der Waals surface area contributed by atoms with Crippen LogP contribution in [0.4, 0.5) is 0 Å². The average Bonchev–Trinajstić information content (AvgIpc) is 2.50. The Morgan fingerprint density at radius 2 is 2.57 bits per heavy atom. The van der Waals surface area contributed by atoms with Gasteiger partial charge in [-0.15, -0.1) is 0 Å². The molecular weight excluding hydrogens is 198 g/mol. The van der Waals surface area contributed by atoms with Crippen LogP contribution in [-0.2, 0) is 6.42 Å². The predicted molar refractivity (Wildman–Crippen MR) is 57.1 cm³/mol. The van der Waals surface area contributed by atoms with Crippen LogP contribution in [0.15, 0.2) is 17.0 Å². The Labute approximate surface area is 90.4 Å². The van der Waals surface area contributed by atoms with E-state index in [2.05, 4.69) is 0 Å². The van der Waals surface area contributed by atoms with Crippen molar-refractivity contribution in [2.45, 2.75) is 11.3 Å². The number of hydrogen-bond donors (Lipinski definition) is 1. The molecule has 76 valence electrons. The molecule has 0 bridgehead atoms. The van der Waals surface area contributed by atoms with E-state index in [1.165, 1.54) is 0 Å². The van der Waals surface area contributed by atoms with Crippen molar-refractivity contribution in [3.63, 3.8) is 0 Å². The molecule has 1 aliphatic rings. The van der Waals surface area contributed by atoms with E-state index in [-0.39, 0.29) is 0 Å². The van der Waals surface area contributed by atoms with Crippen molar-refractivity contribution >= 4 is 11.8 Å². The summed E-state index contributed by atoms with van der Waals surface area (Å²) in [6.07, 6.45) is 0.688. The van der Waals surface area contributed by atoms with Crippen LogP contribution in [0.2, 0.25) is 0 Å². The van der Waals surface area contributed by atoms with Gasteiger partial charge in [0.1, 0.15) is 17.4 Å². The van der Waals surface area contributed by atoms with Gasteiger partial charge in [0.2, 0.25) is 0 Å². The first kappa shape index (κ1) is 7.43. The van der Waals surface area contributed by atoms with Crippen LogP contribution in [-0.4, -0.2) is 19.5 Å². The molecule has 1 heterocycles.